The Hall–Kier alpha value is -2.82. The zero-order valence-corrected chi connectivity index (χ0v) is 17.2. The van der Waals surface area contributed by atoms with Gasteiger partial charge in [-0.05, 0) is 74.2 Å². The minimum atomic E-state index is -0.591. The van der Waals surface area contributed by atoms with E-state index in [1.54, 1.807) is 14.2 Å². The van der Waals surface area contributed by atoms with E-state index in [1.165, 1.54) is 5.56 Å². The van der Waals surface area contributed by atoms with Crippen LogP contribution in [-0.2, 0) is 17.6 Å². The molecule has 5 heteroatoms. The molecule has 5 nitrogen and oxygen atoms in total. The minimum absolute atomic E-state index is 0.296. The Morgan fingerprint density at radius 1 is 1.04 bits per heavy atom. The van der Waals surface area contributed by atoms with Crippen LogP contribution in [0.25, 0.3) is 0 Å². The maximum Gasteiger partial charge on any atom is 0.316 e. The number of aliphatic imine (C=N–C) groups is 1. The number of carbonyl (C=O) groups is 1. The van der Waals surface area contributed by atoms with Crippen molar-refractivity contribution in [2.75, 3.05) is 20.8 Å². The number of methoxy groups -OCH3 is 2. The highest BCUT2D eigenvalue weighted by Crippen LogP contribution is 2.31. The number of benzene rings is 2. The highest BCUT2D eigenvalue weighted by Gasteiger charge is 2.25. The lowest BCUT2D eigenvalue weighted by atomic mass is 9.93. The van der Waals surface area contributed by atoms with Gasteiger partial charge in [-0.2, -0.15) is 0 Å². The number of rotatable bonds is 5. The van der Waals surface area contributed by atoms with E-state index in [1.807, 2.05) is 45.0 Å². The number of fused-ring (bicyclic) bond motifs is 1. The van der Waals surface area contributed by atoms with Crippen molar-refractivity contribution >= 4 is 11.7 Å². The van der Waals surface area contributed by atoms with Crippen molar-refractivity contribution in [3.63, 3.8) is 0 Å². The van der Waals surface area contributed by atoms with Crippen molar-refractivity contribution in [3.05, 3.63) is 53.1 Å². The van der Waals surface area contributed by atoms with Gasteiger partial charge in [-0.25, -0.2) is 0 Å². The van der Waals surface area contributed by atoms with Gasteiger partial charge < -0.3 is 14.2 Å². The number of nitrogens with zero attached hydrogens (tertiary/aromatic N) is 1. The zero-order chi connectivity index (χ0) is 20.3. The summed E-state index contributed by atoms with van der Waals surface area (Å²) in [5, 5.41) is 0. The van der Waals surface area contributed by atoms with Gasteiger partial charge in [-0.1, -0.05) is 6.07 Å². The second-order valence-corrected chi connectivity index (χ2v) is 7.90. The van der Waals surface area contributed by atoms with Crippen molar-refractivity contribution in [3.8, 4) is 17.2 Å². The number of esters is 1. The molecule has 2 aromatic rings. The third-order valence-electron chi connectivity index (χ3n) is 4.72. The summed E-state index contributed by atoms with van der Waals surface area (Å²) >= 11 is 0. The van der Waals surface area contributed by atoms with E-state index in [0.29, 0.717) is 17.9 Å². The third-order valence-corrected chi connectivity index (χ3v) is 4.72. The Bertz CT molecular complexity index is 909. The average Bonchev–Trinajstić information content (AvgIpc) is 2.67. The Morgan fingerprint density at radius 3 is 2.50 bits per heavy atom. The van der Waals surface area contributed by atoms with Gasteiger partial charge >= 0.3 is 5.97 Å². The largest absolute Gasteiger partial charge is 0.497 e. The van der Waals surface area contributed by atoms with Crippen LogP contribution in [0.3, 0.4) is 0 Å². The SMILES string of the molecule is COc1ccc2c(c1)CCN=C2Cc1ccc(OC)c(OC(=O)C(C)(C)C)c1. The molecule has 0 unspecified atom stereocenters. The molecule has 3 rings (SSSR count). The molecule has 0 atom stereocenters. The van der Waals surface area contributed by atoms with E-state index in [0.717, 1.165) is 35.6 Å². The fraction of sp³-hybridized carbons (Fsp3) is 0.391. The second-order valence-electron chi connectivity index (χ2n) is 7.90. The maximum absolute atomic E-state index is 12.3. The molecule has 1 aliphatic heterocycles. The van der Waals surface area contributed by atoms with E-state index < -0.39 is 5.41 Å². The van der Waals surface area contributed by atoms with E-state index >= 15 is 0 Å². The Morgan fingerprint density at radius 2 is 1.82 bits per heavy atom. The van der Waals surface area contributed by atoms with Crippen molar-refractivity contribution < 1.29 is 19.0 Å². The summed E-state index contributed by atoms with van der Waals surface area (Å²) in [4.78, 5) is 17.0. The van der Waals surface area contributed by atoms with Crippen LogP contribution in [0.1, 0.15) is 37.5 Å². The lowest BCUT2D eigenvalue weighted by Crippen LogP contribution is -2.25. The van der Waals surface area contributed by atoms with Crippen LogP contribution in [0.15, 0.2) is 41.4 Å². The first-order valence-electron chi connectivity index (χ1n) is 9.41. The lowest BCUT2D eigenvalue weighted by Gasteiger charge is -2.20. The maximum atomic E-state index is 12.3. The molecule has 0 aliphatic carbocycles. The molecule has 0 saturated carbocycles. The Balaban J connectivity index is 1.86. The first-order chi connectivity index (χ1) is 13.3. The van der Waals surface area contributed by atoms with Crippen LogP contribution in [0.5, 0.6) is 17.2 Å². The summed E-state index contributed by atoms with van der Waals surface area (Å²) in [6, 6.07) is 11.8. The molecular weight excluding hydrogens is 354 g/mol. The molecule has 0 spiro atoms. The van der Waals surface area contributed by atoms with Crippen LogP contribution in [0, 0.1) is 5.41 Å². The summed E-state index contributed by atoms with van der Waals surface area (Å²) in [5.74, 6) is 1.54. The van der Waals surface area contributed by atoms with Crippen molar-refractivity contribution in [1.82, 2.24) is 0 Å². The van der Waals surface area contributed by atoms with Gasteiger partial charge in [0.25, 0.3) is 0 Å². The van der Waals surface area contributed by atoms with Crippen molar-refractivity contribution in [2.24, 2.45) is 10.4 Å². The van der Waals surface area contributed by atoms with E-state index in [4.69, 9.17) is 19.2 Å². The van der Waals surface area contributed by atoms with Crippen LogP contribution in [0.4, 0.5) is 0 Å². The van der Waals surface area contributed by atoms with Gasteiger partial charge in [0.15, 0.2) is 11.5 Å². The van der Waals surface area contributed by atoms with Crippen LogP contribution < -0.4 is 14.2 Å². The van der Waals surface area contributed by atoms with Gasteiger partial charge in [0.2, 0.25) is 0 Å². The Labute approximate surface area is 166 Å². The number of ether oxygens (including phenoxy) is 3. The van der Waals surface area contributed by atoms with Gasteiger partial charge in [0.1, 0.15) is 5.75 Å². The molecule has 1 aliphatic rings. The summed E-state index contributed by atoms with van der Waals surface area (Å²) in [5.41, 5.74) is 3.85. The number of hydrogen-bond acceptors (Lipinski definition) is 5. The quantitative estimate of drug-likeness (QED) is 0.574. The van der Waals surface area contributed by atoms with Crippen LogP contribution in [0.2, 0.25) is 0 Å². The fourth-order valence-corrected chi connectivity index (χ4v) is 3.09. The summed E-state index contributed by atoms with van der Waals surface area (Å²) in [7, 11) is 3.25. The van der Waals surface area contributed by atoms with E-state index in [9.17, 15) is 4.79 Å². The molecule has 0 amide bonds. The van der Waals surface area contributed by atoms with Crippen LogP contribution in [-0.4, -0.2) is 32.4 Å². The topological polar surface area (TPSA) is 57.1 Å². The molecule has 0 radical (unpaired) electrons. The molecule has 1 heterocycles. The predicted molar refractivity (Wildman–Crippen MR) is 110 cm³/mol. The molecule has 0 bridgehead atoms. The minimum Gasteiger partial charge on any atom is -0.497 e. The first kappa shape index (κ1) is 19.9. The molecule has 2 aromatic carbocycles. The van der Waals surface area contributed by atoms with Gasteiger partial charge in [-0.3, -0.25) is 9.79 Å². The first-order valence-corrected chi connectivity index (χ1v) is 9.41. The summed E-state index contributed by atoms with van der Waals surface area (Å²) < 4.78 is 16.3. The fourth-order valence-electron chi connectivity index (χ4n) is 3.09. The highest BCUT2D eigenvalue weighted by atomic mass is 16.6. The predicted octanol–water partition coefficient (Wildman–Crippen LogP) is 4.24. The monoisotopic (exact) mass is 381 g/mol. The van der Waals surface area contributed by atoms with Gasteiger partial charge in [0, 0.05) is 18.7 Å². The second kappa shape index (κ2) is 8.05. The summed E-state index contributed by atoms with van der Waals surface area (Å²) in [6.45, 7) is 6.24. The average molecular weight is 381 g/mol. The highest BCUT2D eigenvalue weighted by molar-refractivity contribution is 6.04. The number of hydrogen-bond donors (Lipinski definition) is 0. The molecular formula is C23H27NO4. The van der Waals surface area contributed by atoms with E-state index in [-0.39, 0.29) is 5.97 Å². The molecule has 0 aromatic heterocycles. The molecule has 148 valence electrons. The van der Waals surface area contributed by atoms with Gasteiger partial charge in [0.05, 0.1) is 19.6 Å². The van der Waals surface area contributed by atoms with Crippen LogP contribution >= 0.6 is 0 Å². The third kappa shape index (κ3) is 4.35. The summed E-state index contributed by atoms with van der Waals surface area (Å²) in [6.07, 6.45) is 1.57. The Kier molecular flexibility index (Phi) is 5.73. The molecule has 0 N–H and O–H groups in total. The smallest absolute Gasteiger partial charge is 0.316 e. The number of carbonyl (C=O) groups excluding carboxylic acids is 1. The lowest BCUT2D eigenvalue weighted by molar-refractivity contribution is -0.143. The zero-order valence-electron chi connectivity index (χ0n) is 17.2. The normalized spacial score (nSPS) is 13.4. The van der Waals surface area contributed by atoms with E-state index in [2.05, 4.69) is 12.1 Å². The van der Waals surface area contributed by atoms with Crippen molar-refractivity contribution in [2.45, 2.75) is 33.6 Å². The van der Waals surface area contributed by atoms with Gasteiger partial charge in [-0.15, -0.1) is 0 Å². The molecule has 0 fully saturated rings. The van der Waals surface area contributed by atoms with Crippen molar-refractivity contribution in [1.29, 1.82) is 0 Å². The standard InChI is InChI=1S/C23H27NO4/c1-23(2,3)22(25)28-21-13-15(6-9-20(21)27-5)12-19-18-8-7-17(26-4)14-16(18)10-11-24-19/h6-9,13-14H,10-12H2,1-5H3. The molecule has 0 saturated heterocycles. The molecule has 28 heavy (non-hydrogen) atoms.